The van der Waals surface area contributed by atoms with E-state index in [1.54, 1.807) is 6.33 Å². The number of aliphatic hydroxyl groups is 1. The predicted octanol–water partition coefficient (Wildman–Crippen LogP) is 1.30. The van der Waals surface area contributed by atoms with Crippen LogP contribution < -0.4 is 0 Å². The summed E-state index contributed by atoms with van der Waals surface area (Å²) in [5, 5.41) is 8.83. The van der Waals surface area contributed by atoms with Crippen molar-refractivity contribution in [1.82, 2.24) is 19.9 Å². The fourth-order valence-electron chi connectivity index (χ4n) is 1.27. The molecule has 0 saturated carbocycles. The van der Waals surface area contributed by atoms with Gasteiger partial charge < -0.3 is 10.1 Å². The molecule has 2 aromatic heterocycles. The van der Waals surface area contributed by atoms with Crippen LogP contribution in [0.4, 0.5) is 0 Å². The largest absolute Gasteiger partial charge is 0.392 e. The van der Waals surface area contributed by atoms with Gasteiger partial charge in [-0.1, -0.05) is 12.2 Å². The first-order valence-corrected chi connectivity index (χ1v) is 4.90. The molecule has 0 radical (unpaired) electrons. The molecule has 5 nitrogen and oxygen atoms in total. The second-order valence-electron chi connectivity index (χ2n) is 3.39. The van der Waals surface area contributed by atoms with Crippen LogP contribution in [0.5, 0.6) is 0 Å². The van der Waals surface area contributed by atoms with E-state index in [4.69, 9.17) is 5.11 Å². The maximum absolute atomic E-state index is 8.83. The monoisotopic (exact) mass is 216 g/mol. The molecule has 0 bridgehead atoms. The molecule has 2 N–H and O–H groups in total. The fourth-order valence-corrected chi connectivity index (χ4v) is 1.27. The average molecular weight is 216 g/mol. The molecular weight excluding hydrogens is 204 g/mol. The SMILES string of the molecule is C/C(=C\C=C/c1ncnc2nc[nH]c12)CO. The van der Waals surface area contributed by atoms with Gasteiger partial charge in [-0.3, -0.25) is 0 Å². The first-order valence-electron chi connectivity index (χ1n) is 4.90. The first kappa shape index (κ1) is 10.5. The van der Waals surface area contributed by atoms with Crippen molar-refractivity contribution in [2.75, 3.05) is 6.61 Å². The van der Waals surface area contributed by atoms with E-state index in [0.29, 0.717) is 5.65 Å². The number of aromatic amines is 1. The standard InChI is InChI=1S/C11H12N4O/c1-8(5-16)3-2-4-9-10-11(14-6-12-9)15-7-13-10/h2-4,6-7,16H,5H2,1H3,(H,12,13,14,15)/b4-2-,8-3+. The van der Waals surface area contributed by atoms with E-state index in [-0.39, 0.29) is 6.61 Å². The highest BCUT2D eigenvalue weighted by Crippen LogP contribution is 2.10. The van der Waals surface area contributed by atoms with Crippen LogP contribution in [0.25, 0.3) is 17.2 Å². The van der Waals surface area contributed by atoms with Crippen LogP contribution in [0.2, 0.25) is 0 Å². The minimum absolute atomic E-state index is 0.0631. The van der Waals surface area contributed by atoms with Gasteiger partial charge in [0.15, 0.2) is 5.65 Å². The smallest absolute Gasteiger partial charge is 0.181 e. The summed E-state index contributed by atoms with van der Waals surface area (Å²) in [7, 11) is 0. The van der Waals surface area contributed by atoms with E-state index in [9.17, 15) is 0 Å². The first-order chi connectivity index (χ1) is 7.81. The lowest BCUT2D eigenvalue weighted by atomic mass is 10.2. The van der Waals surface area contributed by atoms with Crippen molar-refractivity contribution in [2.24, 2.45) is 0 Å². The molecule has 0 aliphatic rings. The summed E-state index contributed by atoms with van der Waals surface area (Å²) < 4.78 is 0. The van der Waals surface area contributed by atoms with Crippen LogP contribution in [-0.2, 0) is 0 Å². The Morgan fingerprint density at radius 1 is 1.44 bits per heavy atom. The van der Waals surface area contributed by atoms with Crippen molar-refractivity contribution in [2.45, 2.75) is 6.92 Å². The highest BCUT2D eigenvalue weighted by atomic mass is 16.3. The summed E-state index contributed by atoms with van der Waals surface area (Å²) in [6.45, 7) is 1.92. The second-order valence-corrected chi connectivity index (χ2v) is 3.39. The third-order valence-electron chi connectivity index (χ3n) is 2.14. The number of aliphatic hydroxyl groups excluding tert-OH is 1. The molecule has 82 valence electrons. The van der Waals surface area contributed by atoms with Gasteiger partial charge in [0.1, 0.15) is 11.8 Å². The van der Waals surface area contributed by atoms with Crippen molar-refractivity contribution in [3.8, 4) is 0 Å². The maximum Gasteiger partial charge on any atom is 0.181 e. The number of nitrogens with one attached hydrogen (secondary N) is 1. The number of aromatic nitrogens is 4. The lowest BCUT2D eigenvalue weighted by Crippen LogP contribution is -1.86. The number of hydrogen-bond acceptors (Lipinski definition) is 4. The van der Waals surface area contributed by atoms with Crippen molar-refractivity contribution in [3.63, 3.8) is 0 Å². The van der Waals surface area contributed by atoms with Crippen molar-refractivity contribution in [3.05, 3.63) is 36.1 Å². The van der Waals surface area contributed by atoms with E-state index < -0.39 is 0 Å². The molecule has 0 amide bonds. The van der Waals surface area contributed by atoms with E-state index in [1.165, 1.54) is 6.33 Å². The van der Waals surface area contributed by atoms with Crippen molar-refractivity contribution in [1.29, 1.82) is 0 Å². The minimum atomic E-state index is 0.0631. The summed E-state index contributed by atoms with van der Waals surface area (Å²) in [5.74, 6) is 0. The zero-order valence-electron chi connectivity index (χ0n) is 8.88. The summed E-state index contributed by atoms with van der Waals surface area (Å²) in [6.07, 6.45) is 8.59. The molecule has 0 atom stereocenters. The van der Waals surface area contributed by atoms with Crippen LogP contribution in [-0.4, -0.2) is 31.6 Å². The van der Waals surface area contributed by atoms with Crippen LogP contribution in [0.3, 0.4) is 0 Å². The molecule has 0 aliphatic carbocycles. The van der Waals surface area contributed by atoms with Gasteiger partial charge in [0.2, 0.25) is 0 Å². The van der Waals surface area contributed by atoms with Gasteiger partial charge in [-0.15, -0.1) is 0 Å². The number of allylic oxidation sites excluding steroid dienone is 2. The number of imidazole rings is 1. The van der Waals surface area contributed by atoms with E-state index >= 15 is 0 Å². The highest BCUT2D eigenvalue weighted by Gasteiger charge is 2.01. The van der Waals surface area contributed by atoms with Crippen molar-refractivity contribution < 1.29 is 5.11 Å². The van der Waals surface area contributed by atoms with E-state index in [0.717, 1.165) is 16.8 Å². The summed E-state index contributed by atoms with van der Waals surface area (Å²) in [6, 6.07) is 0. The Hall–Kier alpha value is -2.01. The molecule has 16 heavy (non-hydrogen) atoms. The average Bonchev–Trinajstić information content (AvgIpc) is 2.77. The van der Waals surface area contributed by atoms with E-state index in [1.807, 2.05) is 25.2 Å². The molecule has 0 unspecified atom stereocenters. The quantitative estimate of drug-likeness (QED) is 0.758. The maximum atomic E-state index is 8.83. The normalized spacial score (nSPS) is 12.8. The number of rotatable bonds is 3. The molecule has 2 aromatic rings. The number of fused-ring (bicyclic) bond motifs is 1. The highest BCUT2D eigenvalue weighted by molar-refractivity contribution is 5.79. The molecule has 2 rings (SSSR count). The molecule has 0 aliphatic heterocycles. The number of hydrogen-bond donors (Lipinski definition) is 2. The van der Waals surface area contributed by atoms with Crippen LogP contribution in [0.1, 0.15) is 12.6 Å². The Balaban J connectivity index is 2.30. The predicted molar refractivity (Wildman–Crippen MR) is 61.6 cm³/mol. The topological polar surface area (TPSA) is 74.7 Å². The third kappa shape index (κ3) is 2.14. The zero-order valence-corrected chi connectivity index (χ0v) is 8.88. The van der Waals surface area contributed by atoms with Gasteiger partial charge >= 0.3 is 0 Å². The zero-order chi connectivity index (χ0) is 11.4. The van der Waals surface area contributed by atoms with Crippen LogP contribution in [0.15, 0.2) is 30.4 Å². The lowest BCUT2D eigenvalue weighted by molar-refractivity contribution is 0.331. The van der Waals surface area contributed by atoms with Crippen LogP contribution >= 0.6 is 0 Å². The molecular formula is C11H12N4O. The lowest BCUT2D eigenvalue weighted by Gasteiger charge is -1.93. The summed E-state index contributed by atoms with van der Waals surface area (Å²) >= 11 is 0. The Kier molecular flexibility index (Phi) is 3.07. The molecule has 0 fully saturated rings. The third-order valence-corrected chi connectivity index (χ3v) is 2.14. The summed E-state index contributed by atoms with van der Waals surface area (Å²) in [5.41, 5.74) is 3.14. The molecule has 0 aromatic carbocycles. The number of nitrogens with zero attached hydrogens (tertiary/aromatic N) is 3. The van der Waals surface area contributed by atoms with E-state index in [2.05, 4.69) is 19.9 Å². The molecule has 5 heteroatoms. The fraction of sp³-hybridized carbons (Fsp3) is 0.182. The number of H-pyrrole nitrogens is 1. The van der Waals surface area contributed by atoms with Gasteiger partial charge in [-0.25, -0.2) is 15.0 Å². The van der Waals surface area contributed by atoms with Gasteiger partial charge in [0.05, 0.1) is 18.6 Å². The van der Waals surface area contributed by atoms with Crippen LogP contribution in [0, 0.1) is 0 Å². The Labute approximate surface area is 92.6 Å². The summed E-state index contributed by atoms with van der Waals surface area (Å²) in [4.78, 5) is 15.2. The Bertz CT molecular complexity index is 542. The molecule has 0 saturated heterocycles. The van der Waals surface area contributed by atoms with Gasteiger partial charge in [-0.05, 0) is 18.6 Å². The van der Waals surface area contributed by atoms with Gasteiger partial charge in [0, 0.05) is 0 Å². The second kappa shape index (κ2) is 4.67. The Morgan fingerprint density at radius 3 is 3.12 bits per heavy atom. The minimum Gasteiger partial charge on any atom is -0.392 e. The Morgan fingerprint density at radius 2 is 2.31 bits per heavy atom. The molecule has 0 spiro atoms. The van der Waals surface area contributed by atoms with Crippen molar-refractivity contribution >= 4 is 17.2 Å². The molecule has 2 heterocycles. The van der Waals surface area contributed by atoms with Gasteiger partial charge in [0.25, 0.3) is 0 Å². The van der Waals surface area contributed by atoms with Gasteiger partial charge in [-0.2, -0.15) is 0 Å².